The number of carbonyl (C=O) groups excluding carboxylic acids is 2. The summed E-state index contributed by atoms with van der Waals surface area (Å²) in [6.07, 6.45) is -1.12. The lowest BCUT2D eigenvalue weighted by Gasteiger charge is -2.15. The minimum atomic E-state index is -1.12. The fourth-order valence-corrected chi connectivity index (χ4v) is 2.24. The maximum absolute atomic E-state index is 13.7. The van der Waals surface area contributed by atoms with Crippen molar-refractivity contribution >= 4 is 40.8 Å². The molecule has 0 heterocycles. The highest BCUT2D eigenvalue weighted by atomic mass is 35.5. The number of rotatable bonds is 4. The second kappa shape index (κ2) is 7.64. The van der Waals surface area contributed by atoms with Gasteiger partial charge in [-0.1, -0.05) is 29.3 Å². The van der Waals surface area contributed by atoms with Crippen molar-refractivity contribution in [3.05, 3.63) is 63.4 Å². The molecular weight excluding hydrogens is 356 g/mol. The summed E-state index contributed by atoms with van der Waals surface area (Å²) in [4.78, 5) is 24.1. The van der Waals surface area contributed by atoms with Crippen molar-refractivity contribution in [3.63, 3.8) is 0 Å². The minimum Gasteiger partial charge on any atom is -0.449 e. The van der Waals surface area contributed by atoms with Crippen LogP contribution in [0.1, 0.15) is 22.8 Å². The molecule has 0 fully saturated rings. The number of hydrogen-bond acceptors (Lipinski definition) is 3. The molecule has 0 saturated heterocycles. The molecule has 0 aliphatic heterocycles. The van der Waals surface area contributed by atoms with Crippen LogP contribution >= 0.6 is 23.2 Å². The lowest BCUT2D eigenvalue weighted by Crippen LogP contribution is -2.30. The van der Waals surface area contributed by atoms with Crippen molar-refractivity contribution in [1.82, 2.24) is 0 Å². The second-order valence-electron chi connectivity index (χ2n) is 5.07. The zero-order chi connectivity index (χ0) is 17.9. The quantitative estimate of drug-likeness (QED) is 0.799. The summed E-state index contributed by atoms with van der Waals surface area (Å²) in [7, 11) is 0. The molecule has 0 unspecified atom stereocenters. The van der Waals surface area contributed by atoms with Gasteiger partial charge in [-0.15, -0.1) is 0 Å². The van der Waals surface area contributed by atoms with Gasteiger partial charge < -0.3 is 10.1 Å². The van der Waals surface area contributed by atoms with Crippen LogP contribution in [0.2, 0.25) is 10.0 Å². The van der Waals surface area contributed by atoms with E-state index in [0.29, 0.717) is 16.3 Å². The Kier molecular flexibility index (Phi) is 5.80. The predicted octanol–water partition coefficient (Wildman–Crippen LogP) is 4.62. The van der Waals surface area contributed by atoms with Gasteiger partial charge in [0.05, 0.1) is 5.56 Å². The SMILES string of the molecule is Cc1c(Cl)cccc1NC(=O)[C@H](C)OC(=O)c1ccc(Cl)cc1F. The molecule has 0 aliphatic rings. The number of benzene rings is 2. The first kappa shape index (κ1) is 18.2. The molecule has 24 heavy (non-hydrogen) atoms. The molecule has 0 saturated carbocycles. The molecule has 2 aromatic carbocycles. The van der Waals surface area contributed by atoms with E-state index in [1.807, 2.05) is 0 Å². The summed E-state index contributed by atoms with van der Waals surface area (Å²) in [6, 6.07) is 8.61. The Morgan fingerprint density at radius 2 is 1.92 bits per heavy atom. The highest BCUT2D eigenvalue weighted by Gasteiger charge is 2.22. The lowest BCUT2D eigenvalue weighted by atomic mass is 10.2. The van der Waals surface area contributed by atoms with Crippen molar-refractivity contribution in [2.45, 2.75) is 20.0 Å². The molecule has 2 aromatic rings. The monoisotopic (exact) mass is 369 g/mol. The van der Waals surface area contributed by atoms with Gasteiger partial charge in [0.15, 0.2) is 6.10 Å². The first-order valence-electron chi connectivity index (χ1n) is 7.01. The molecule has 0 bridgehead atoms. The molecule has 0 aromatic heterocycles. The van der Waals surface area contributed by atoms with E-state index in [1.54, 1.807) is 25.1 Å². The summed E-state index contributed by atoms with van der Waals surface area (Å²) in [5.41, 5.74) is 0.904. The molecule has 2 rings (SSSR count). The van der Waals surface area contributed by atoms with Crippen LogP contribution in [0, 0.1) is 12.7 Å². The molecule has 126 valence electrons. The van der Waals surface area contributed by atoms with E-state index < -0.39 is 23.8 Å². The van der Waals surface area contributed by atoms with Crippen molar-refractivity contribution in [3.8, 4) is 0 Å². The molecule has 0 aliphatic carbocycles. The van der Waals surface area contributed by atoms with Crippen molar-refractivity contribution < 1.29 is 18.7 Å². The van der Waals surface area contributed by atoms with E-state index in [0.717, 1.165) is 6.07 Å². The molecule has 0 radical (unpaired) electrons. The molecule has 7 heteroatoms. The lowest BCUT2D eigenvalue weighted by molar-refractivity contribution is -0.123. The summed E-state index contributed by atoms with van der Waals surface area (Å²) in [5, 5.41) is 3.28. The van der Waals surface area contributed by atoms with Gasteiger partial charge in [0.25, 0.3) is 5.91 Å². The highest BCUT2D eigenvalue weighted by molar-refractivity contribution is 6.31. The smallest absolute Gasteiger partial charge is 0.341 e. The topological polar surface area (TPSA) is 55.4 Å². The zero-order valence-corrected chi connectivity index (χ0v) is 14.4. The predicted molar refractivity (Wildman–Crippen MR) is 91.1 cm³/mol. The molecule has 1 N–H and O–H groups in total. The van der Waals surface area contributed by atoms with E-state index in [2.05, 4.69) is 5.32 Å². The molecule has 1 atom stereocenters. The van der Waals surface area contributed by atoms with Crippen LogP contribution in [0.3, 0.4) is 0 Å². The molecule has 4 nitrogen and oxygen atoms in total. The Labute approximate surface area is 148 Å². The second-order valence-corrected chi connectivity index (χ2v) is 5.92. The molecular formula is C17H14Cl2FNO3. The normalized spacial score (nSPS) is 11.7. The fraction of sp³-hybridized carbons (Fsp3) is 0.176. The Morgan fingerprint density at radius 3 is 2.58 bits per heavy atom. The minimum absolute atomic E-state index is 0.159. The maximum Gasteiger partial charge on any atom is 0.341 e. The largest absolute Gasteiger partial charge is 0.449 e. The van der Waals surface area contributed by atoms with Gasteiger partial charge in [-0.2, -0.15) is 0 Å². The van der Waals surface area contributed by atoms with Gasteiger partial charge in [0.1, 0.15) is 5.82 Å². The fourth-order valence-electron chi connectivity index (χ4n) is 1.91. The van der Waals surface area contributed by atoms with Gasteiger partial charge in [-0.05, 0) is 49.7 Å². The zero-order valence-electron chi connectivity index (χ0n) is 12.9. The van der Waals surface area contributed by atoms with Crippen LogP contribution in [0.15, 0.2) is 36.4 Å². The van der Waals surface area contributed by atoms with Crippen molar-refractivity contribution in [1.29, 1.82) is 0 Å². The number of anilines is 1. The molecule has 0 spiro atoms. The van der Waals surface area contributed by atoms with Gasteiger partial charge >= 0.3 is 5.97 Å². The van der Waals surface area contributed by atoms with E-state index in [4.69, 9.17) is 27.9 Å². The first-order valence-corrected chi connectivity index (χ1v) is 7.77. The number of ether oxygens (including phenoxy) is 1. The van der Waals surface area contributed by atoms with Gasteiger partial charge in [-0.3, -0.25) is 4.79 Å². The summed E-state index contributed by atoms with van der Waals surface area (Å²) >= 11 is 11.6. The number of hydrogen-bond donors (Lipinski definition) is 1. The standard InChI is InChI=1S/C17H14Cl2FNO3/c1-9-13(19)4-3-5-15(9)21-16(22)10(2)24-17(23)12-7-6-11(18)8-14(12)20/h3-8,10H,1-2H3,(H,21,22)/t10-/m0/s1. The van der Waals surface area contributed by atoms with Crippen molar-refractivity contribution in [2.75, 3.05) is 5.32 Å². The Bertz CT molecular complexity index is 795. The average molecular weight is 370 g/mol. The summed E-state index contributed by atoms with van der Waals surface area (Å²) in [6.45, 7) is 3.14. The Balaban J connectivity index is 2.06. The summed E-state index contributed by atoms with van der Waals surface area (Å²) < 4.78 is 18.7. The van der Waals surface area contributed by atoms with Crippen LogP contribution in [0.25, 0.3) is 0 Å². The number of halogens is 3. The van der Waals surface area contributed by atoms with Gasteiger partial charge in [0, 0.05) is 15.7 Å². The Morgan fingerprint density at radius 1 is 1.21 bits per heavy atom. The average Bonchev–Trinajstić information content (AvgIpc) is 2.51. The third kappa shape index (κ3) is 4.24. The number of carbonyl (C=O) groups is 2. The number of amides is 1. The van der Waals surface area contributed by atoms with Gasteiger partial charge in [0.2, 0.25) is 0 Å². The van der Waals surface area contributed by atoms with E-state index in [-0.39, 0.29) is 10.6 Å². The third-order valence-electron chi connectivity index (χ3n) is 3.33. The number of esters is 1. The van der Waals surface area contributed by atoms with Crippen LogP contribution in [0.5, 0.6) is 0 Å². The van der Waals surface area contributed by atoms with Gasteiger partial charge in [-0.25, -0.2) is 9.18 Å². The number of nitrogens with one attached hydrogen (secondary N) is 1. The maximum atomic E-state index is 13.7. The van der Waals surface area contributed by atoms with Crippen LogP contribution < -0.4 is 5.32 Å². The first-order chi connectivity index (χ1) is 11.3. The van der Waals surface area contributed by atoms with E-state index in [9.17, 15) is 14.0 Å². The van der Waals surface area contributed by atoms with Crippen molar-refractivity contribution in [2.24, 2.45) is 0 Å². The van der Waals surface area contributed by atoms with Crippen LogP contribution in [-0.4, -0.2) is 18.0 Å². The van der Waals surface area contributed by atoms with E-state index in [1.165, 1.54) is 19.1 Å². The third-order valence-corrected chi connectivity index (χ3v) is 3.97. The van der Waals surface area contributed by atoms with E-state index >= 15 is 0 Å². The highest BCUT2D eigenvalue weighted by Crippen LogP contribution is 2.23. The summed E-state index contributed by atoms with van der Waals surface area (Å²) in [5.74, 6) is -2.32. The molecule has 1 amide bonds. The van der Waals surface area contributed by atoms with Crippen LogP contribution in [0.4, 0.5) is 10.1 Å². The van der Waals surface area contributed by atoms with Crippen LogP contribution in [-0.2, 0) is 9.53 Å². The Hall–Kier alpha value is -2.11.